The summed E-state index contributed by atoms with van der Waals surface area (Å²) in [5, 5.41) is 5.94. The Labute approximate surface area is 157 Å². The zero-order chi connectivity index (χ0) is 18.9. The number of fused-ring (bicyclic) bond motifs is 1. The Morgan fingerprint density at radius 2 is 1.67 bits per heavy atom. The summed E-state index contributed by atoms with van der Waals surface area (Å²) in [5.74, 6) is 0.501. The molecule has 27 heavy (non-hydrogen) atoms. The molecule has 0 aliphatic heterocycles. The maximum absolute atomic E-state index is 12.7. The van der Waals surface area contributed by atoms with Crippen LogP contribution in [0, 0.1) is 0 Å². The number of nitrogens with zero attached hydrogens (tertiary/aromatic N) is 4. The van der Waals surface area contributed by atoms with Crippen LogP contribution < -0.4 is 0 Å². The Morgan fingerprint density at radius 1 is 0.926 bits per heavy atom. The highest BCUT2D eigenvalue weighted by Gasteiger charge is 2.29. The fraction of sp³-hybridized carbons (Fsp3) is 0.105. The van der Waals surface area contributed by atoms with Crippen LogP contribution in [-0.4, -0.2) is 19.7 Å². The van der Waals surface area contributed by atoms with Crippen molar-refractivity contribution in [1.29, 1.82) is 0 Å². The standard InChI is InChI=1S/C19H13F3N4S/c20-19(21,22)14-8-6-13(7-9-14)11-27-18-16-10-25-26(17(16)23-12-24-18)15-4-2-1-3-5-15/h1-10,12H,11H2. The highest BCUT2D eigenvalue weighted by molar-refractivity contribution is 7.98. The minimum atomic E-state index is -4.32. The highest BCUT2D eigenvalue weighted by Crippen LogP contribution is 2.31. The van der Waals surface area contributed by atoms with Crippen LogP contribution in [0.25, 0.3) is 16.7 Å². The van der Waals surface area contributed by atoms with E-state index in [1.165, 1.54) is 30.2 Å². The predicted molar refractivity (Wildman–Crippen MR) is 97.7 cm³/mol. The summed E-state index contributed by atoms with van der Waals surface area (Å²) >= 11 is 1.44. The largest absolute Gasteiger partial charge is 0.416 e. The number of aromatic nitrogens is 4. The minimum absolute atomic E-state index is 0.501. The fourth-order valence-corrected chi connectivity index (χ4v) is 3.55. The Bertz CT molecular complexity index is 1060. The molecule has 0 bridgehead atoms. The van der Waals surface area contributed by atoms with Gasteiger partial charge in [0.1, 0.15) is 11.4 Å². The fourth-order valence-electron chi connectivity index (χ4n) is 2.64. The SMILES string of the molecule is FC(F)(F)c1ccc(CSc2ncnc3c2cnn3-c2ccccc2)cc1. The Morgan fingerprint density at radius 3 is 2.37 bits per heavy atom. The first kappa shape index (κ1) is 17.5. The lowest BCUT2D eigenvalue weighted by molar-refractivity contribution is -0.137. The third-order valence-corrected chi connectivity index (χ3v) is 5.06. The molecule has 0 atom stereocenters. The molecule has 0 fully saturated rings. The zero-order valence-electron chi connectivity index (χ0n) is 13.9. The molecule has 136 valence electrons. The van der Waals surface area contributed by atoms with Gasteiger partial charge in [0.25, 0.3) is 0 Å². The number of benzene rings is 2. The van der Waals surface area contributed by atoms with Crippen LogP contribution in [0.2, 0.25) is 0 Å². The number of rotatable bonds is 4. The molecule has 0 spiro atoms. The van der Waals surface area contributed by atoms with Crippen molar-refractivity contribution >= 4 is 22.8 Å². The van der Waals surface area contributed by atoms with E-state index >= 15 is 0 Å². The van der Waals surface area contributed by atoms with Gasteiger partial charge in [-0.3, -0.25) is 0 Å². The van der Waals surface area contributed by atoms with Crippen LogP contribution in [-0.2, 0) is 11.9 Å². The predicted octanol–water partition coefficient (Wildman–Crippen LogP) is 5.13. The van der Waals surface area contributed by atoms with E-state index in [2.05, 4.69) is 15.1 Å². The van der Waals surface area contributed by atoms with Crippen molar-refractivity contribution in [2.24, 2.45) is 0 Å². The molecule has 8 heteroatoms. The normalized spacial score (nSPS) is 11.8. The number of hydrogen-bond acceptors (Lipinski definition) is 4. The van der Waals surface area contributed by atoms with Gasteiger partial charge in [0, 0.05) is 5.75 Å². The summed E-state index contributed by atoms with van der Waals surface area (Å²) in [7, 11) is 0. The van der Waals surface area contributed by atoms with E-state index < -0.39 is 11.7 Å². The van der Waals surface area contributed by atoms with E-state index in [9.17, 15) is 13.2 Å². The molecule has 0 amide bonds. The van der Waals surface area contributed by atoms with Gasteiger partial charge in [0.15, 0.2) is 5.65 Å². The molecule has 2 aromatic heterocycles. The second kappa shape index (κ2) is 7.03. The molecule has 0 saturated carbocycles. The topological polar surface area (TPSA) is 43.6 Å². The highest BCUT2D eigenvalue weighted by atomic mass is 32.2. The zero-order valence-corrected chi connectivity index (χ0v) is 14.7. The van der Waals surface area contributed by atoms with Crippen LogP contribution in [0.15, 0.2) is 72.1 Å². The molecular formula is C19H13F3N4S. The second-order valence-electron chi connectivity index (χ2n) is 5.79. The minimum Gasteiger partial charge on any atom is -0.229 e. The number of alkyl halides is 3. The lowest BCUT2D eigenvalue weighted by atomic mass is 10.1. The van der Waals surface area contributed by atoms with Crippen molar-refractivity contribution in [3.63, 3.8) is 0 Å². The van der Waals surface area contributed by atoms with Gasteiger partial charge in [0.2, 0.25) is 0 Å². The quantitative estimate of drug-likeness (QED) is 0.360. The monoisotopic (exact) mass is 386 g/mol. The number of halogens is 3. The van der Waals surface area contributed by atoms with E-state index in [1.807, 2.05) is 30.3 Å². The van der Waals surface area contributed by atoms with Crippen LogP contribution in [0.3, 0.4) is 0 Å². The van der Waals surface area contributed by atoms with Crippen LogP contribution in [0.5, 0.6) is 0 Å². The molecule has 0 unspecified atom stereocenters. The summed E-state index contributed by atoms with van der Waals surface area (Å²) in [4.78, 5) is 8.63. The van der Waals surface area contributed by atoms with Crippen molar-refractivity contribution < 1.29 is 13.2 Å². The summed E-state index contributed by atoms with van der Waals surface area (Å²) in [6, 6.07) is 14.8. The molecule has 0 N–H and O–H groups in total. The van der Waals surface area contributed by atoms with Crippen LogP contribution in [0.1, 0.15) is 11.1 Å². The van der Waals surface area contributed by atoms with Gasteiger partial charge >= 0.3 is 6.18 Å². The molecule has 0 aliphatic rings. The third-order valence-electron chi connectivity index (χ3n) is 3.99. The molecule has 0 aliphatic carbocycles. The Hall–Kier alpha value is -2.87. The summed E-state index contributed by atoms with van der Waals surface area (Å²) in [5.41, 5.74) is 1.72. The molecule has 2 aromatic carbocycles. The van der Waals surface area contributed by atoms with Gasteiger partial charge in [-0.05, 0) is 29.8 Å². The van der Waals surface area contributed by atoms with Crippen LogP contribution in [0.4, 0.5) is 13.2 Å². The summed E-state index contributed by atoms with van der Waals surface area (Å²) < 4.78 is 39.7. The molecule has 4 nitrogen and oxygen atoms in total. The second-order valence-corrected chi connectivity index (χ2v) is 6.76. The molecule has 0 saturated heterocycles. The Balaban J connectivity index is 1.57. The van der Waals surface area contributed by atoms with Gasteiger partial charge in [-0.25, -0.2) is 14.6 Å². The first-order valence-corrected chi connectivity index (χ1v) is 9.04. The molecule has 4 aromatic rings. The Kier molecular flexibility index (Phi) is 4.57. The van der Waals surface area contributed by atoms with Gasteiger partial charge in [0.05, 0.1) is 22.8 Å². The van der Waals surface area contributed by atoms with E-state index in [0.717, 1.165) is 33.8 Å². The molecule has 4 rings (SSSR count). The van der Waals surface area contributed by atoms with Crippen molar-refractivity contribution in [2.75, 3.05) is 0 Å². The van der Waals surface area contributed by atoms with Crippen LogP contribution >= 0.6 is 11.8 Å². The lowest BCUT2D eigenvalue weighted by Gasteiger charge is -2.07. The van der Waals surface area contributed by atoms with Crippen molar-refractivity contribution in [3.8, 4) is 5.69 Å². The smallest absolute Gasteiger partial charge is 0.229 e. The third kappa shape index (κ3) is 3.66. The van der Waals surface area contributed by atoms with Crippen molar-refractivity contribution in [3.05, 3.63) is 78.2 Å². The van der Waals surface area contributed by atoms with E-state index in [4.69, 9.17) is 0 Å². The molecular weight excluding hydrogens is 373 g/mol. The van der Waals surface area contributed by atoms with E-state index in [-0.39, 0.29) is 0 Å². The first-order valence-electron chi connectivity index (χ1n) is 8.05. The first-order chi connectivity index (χ1) is 13.0. The number of para-hydroxylation sites is 1. The van der Waals surface area contributed by atoms with Crippen molar-refractivity contribution in [2.45, 2.75) is 17.0 Å². The van der Waals surface area contributed by atoms with Crippen molar-refractivity contribution in [1.82, 2.24) is 19.7 Å². The average Bonchev–Trinajstić information content (AvgIpc) is 3.11. The average molecular weight is 386 g/mol. The van der Waals surface area contributed by atoms with Gasteiger partial charge < -0.3 is 0 Å². The number of thioether (sulfide) groups is 1. The van der Waals surface area contributed by atoms with Gasteiger partial charge in [-0.15, -0.1) is 11.8 Å². The number of hydrogen-bond donors (Lipinski definition) is 0. The van der Waals surface area contributed by atoms with Gasteiger partial charge in [-0.2, -0.15) is 18.3 Å². The maximum atomic E-state index is 12.7. The summed E-state index contributed by atoms with van der Waals surface area (Å²) in [6.07, 6.45) is -1.15. The molecule has 2 heterocycles. The van der Waals surface area contributed by atoms with E-state index in [1.54, 1.807) is 10.9 Å². The lowest BCUT2D eigenvalue weighted by Crippen LogP contribution is -2.04. The summed E-state index contributed by atoms with van der Waals surface area (Å²) in [6.45, 7) is 0. The van der Waals surface area contributed by atoms with E-state index in [0.29, 0.717) is 11.4 Å². The maximum Gasteiger partial charge on any atom is 0.416 e. The van der Waals surface area contributed by atoms with Gasteiger partial charge in [-0.1, -0.05) is 30.3 Å². The molecule has 0 radical (unpaired) electrons.